The first-order chi connectivity index (χ1) is 13.0. The van der Waals surface area contributed by atoms with Gasteiger partial charge in [-0.1, -0.05) is 12.1 Å². The number of nitro groups is 1. The summed E-state index contributed by atoms with van der Waals surface area (Å²) in [6, 6.07) is 11.0. The molecule has 0 aliphatic carbocycles. The van der Waals surface area contributed by atoms with Crippen LogP contribution < -0.4 is 5.32 Å². The predicted octanol–water partition coefficient (Wildman–Crippen LogP) is 4.97. The maximum absolute atomic E-state index is 13.7. The Morgan fingerprint density at radius 3 is 2.81 bits per heavy atom. The Hall–Kier alpha value is -3.64. The monoisotopic (exact) mass is 384 g/mol. The Bertz CT molecular complexity index is 1090. The van der Waals surface area contributed by atoms with Gasteiger partial charge in [-0.25, -0.2) is 13.8 Å². The quantitative estimate of drug-likeness (QED) is 0.381. The molecular formula is C18H10F2N4O2S. The summed E-state index contributed by atoms with van der Waals surface area (Å²) >= 11 is 1.17. The van der Waals surface area contributed by atoms with E-state index in [1.807, 2.05) is 6.07 Å². The summed E-state index contributed by atoms with van der Waals surface area (Å²) < 4.78 is 26.6. The van der Waals surface area contributed by atoms with Crippen LogP contribution in [0, 0.1) is 33.1 Å². The molecule has 0 spiro atoms. The Kier molecular flexibility index (Phi) is 5.19. The van der Waals surface area contributed by atoms with E-state index in [1.54, 1.807) is 17.5 Å². The van der Waals surface area contributed by atoms with Gasteiger partial charge in [-0.3, -0.25) is 10.1 Å². The van der Waals surface area contributed by atoms with Gasteiger partial charge in [0.05, 0.1) is 16.3 Å². The first-order valence-corrected chi connectivity index (χ1v) is 8.38. The summed E-state index contributed by atoms with van der Waals surface area (Å²) in [5.41, 5.74) is 1.11. The van der Waals surface area contributed by atoms with E-state index in [9.17, 15) is 24.2 Å². The minimum absolute atomic E-state index is 0.0135. The number of non-ortho nitro benzene ring substituents is 1. The number of nitro benzene ring substituents is 1. The Labute approximate surface area is 156 Å². The highest BCUT2D eigenvalue weighted by molar-refractivity contribution is 7.11. The third-order valence-electron chi connectivity index (χ3n) is 3.51. The molecule has 27 heavy (non-hydrogen) atoms. The molecule has 1 N–H and O–H groups in total. The number of nitriles is 1. The summed E-state index contributed by atoms with van der Waals surface area (Å²) in [6.07, 6.45) is 1.27. The number of nitrogens with zero attached hydrogens (tertiary/aromatic N) is 3. The molecule has 0 amide bonds. The standard InChI is InChI=1S/C18H10F2N4O2S/c19-13-4-5-16(15(20)7-13)22-9-12(8-21)18-23-17(10-27-18)11-2-1-3-14(6-11)24(25)26/h1-7,9-10,22H/b12-9-. The molecule has 0 saturated heterocycles. The van der Waals surface area contributed by atoms with Crippen molar-refractivity contribution in [2.24, 2.45) is 0 Å². The molecule has 6 nitrogen and oxygen atoms in total. The van der Waals surface area contributed by atoms with Gasteiger partial charge in [-0.2, -0.15) is 5.26 Å². The minimum atomic E-state index is -0.792. The fourth-order valence-electron chi connectivity index (χ4n) is 2.21. The SMILES string of the molecule is N#C/C(=C/Nc1ccc(F)cc1F)c1nc(-c2cccc([N+](=O)[O-])c2)cs1. The molecule has 0 bridgehead atoms. The van der Waals surface area contributed by atoms with Gasteiger partial charge in [0, 0.05) is 35.3 Å². The molecular weight excluding hydrogens is 374 g/mol. The van der Waals surface area contributed by atoms with E-state index >= 15 is 0 Å². The summed E-state index contributed by atoms with van der Waals surface area (Å²) in [5, 5.41) is 24.9. The number of benzene rings is 2. The van der Waals surface area contributed by atoms with Crippen molar-refractivity contribution in [2.75, 3.05) is 5.32 Å². The Balaban J connectivity index is 1.86. The normalized spacial score (nSPS) is 11.1. The molecule has 3 aromatic rings. The van der Waals surface area contributed by atoms with Crippen LogP contribution in [0.5, 0.6) is 0 Å². The molecule has 0 fully saturated rings. The van der Waals surface area contributed by atoms with Crippen LogP contribution in [0.25, 0.3) is 16.8 Å². The van der Waals surface area contributed by atoms with Crippen molar-refractivity contribution in [1.82, 2.24) is 4.98 Å². The average Bonchev–Trinajstić information content (AvgIpc) is 3.14. The molecule has 2 aromatic carbocycles. The van der Waals surface area contributed by atoms with Crippen molar-refractivity contribution < 1.29 is 13.7 Å². The van der Waals surface area contributed by atoms with E-state index in [4.69, 9.17) is 0 Å². The highest BCUT2D eigenvalue weighted by Crippen LogP contribution is 2.28. The van der Waals surface area contributed by atoms with Gasteiger partial charge in [0.15, 0.2) is 0 Å². The number of nitrogens with one attached hydrogen (secondary N) is 1. The lowest BCUT2D eigenvalue weighted by Gasteiger charge is -2.03. The number of anilines is 1. The summed E-state index contributed by atoms with van der Waals surface area (Å²) in [4.78, 5) is 14.7. The lowest BCUT2D eigenvalue weighted by molar-refractivity contribution is -0.384. The van der Waals surface area contributed by atoms with Crippen LogP contribution in [0.2, 0.25) is 0 Å². The fraction of sp³-hybridized carbons (Fsp3) is 0. The van der Waals surface area contributed by atoms with Gasteiger partial charge in [0.1, 0.15) is 28.3 Å². The van der Waals surface area contributed by atoms with Gasteiger partial charge >= 0.3 is 0 Å². The lowest BCUT2D eigenvalue weighted by atomic mass is 10.1. The molecule has 1 aromatic heterocycles. The molecule has 0 atom stereocenters. The molecule has 1 heterocycles. The third kappa shape index (κ3) is 4.13. The van der Waals surface area contributed by atoms with Gasteiger partial charge in [-0.05, 0) is 12.1 Å². The van der Waals surface area contributed by atoms with Crippen LogP contribution >= 0.6 is 11.3 Å². The number of aromatic nitrogens is 1. The maximum atomic E-state index is 13.7. The second-order valence-electron chi connectivity index (χ2n) is 5.28. The number of hydrogen-bond donors (Lipinski definition) is 1. The highest BCUT2D eigenvalue weighted by Gasteiger charge is 2.12. The molecule has 134 valence electrons. The van der Waals surface area contributed by atoms with E-state index in [1.165, 1.54) is 35.7 Å². The Morgan fingerprint density at radius 1 is 1.30 bits per heavy atom. The molecule has 3 rings (SSSR count). The number of halogens is 2. The second kappa shape index (κ2) is 7.72. The molecule has 0 aliphatic rings. The highest BCUT2D eigenvalue weighted by atomic mass is 32.1. The van der Waals surface area contributed by atoms with E-state index in [2.05, 4.69) is 10.3 Å². The lowest BCUT2D eigenvalue weighted by Crippen LogP contribution is -1.94. The first kappa shape index (κ1) is 18.2. The number of rotatable bonds is 5. The average molecular weight is 384 g/mol. The molecule has 0 radical (unpaired) electrons. The zero-order valence-corrected chi connectivity index (χ0v) is 14.3. The second-order valence-corrected chi connectivity index (χ2v) is 6.14. The number of hydrogen-bond acceptors (Lipinski definition) is 6. The van der Waals surface area contributed by atoms with Crippen molar-refractivity contribution >= 4 is 28.3 Å². The fourth-order valence-corrected chi connectivity index (χ4v) is 3.00. The molecule has 9 heteroatoms. The number of allylic oxidation sites excluding steroid dienone is 1. The van der Waals surface area contributed by atoms with Crippen LogP contribution in [0.1, 0.15) is 5.01 Å². The van der Waals surface area contributed by atoms with Crippen molar-refractivity contribution in [2.45, 2.75) is 0 Å². The zero-order valence-electron chi connectivity index (χ0n) is 13.5. The van der Waals surface area contributed by atoms with Crippen LogP contribution in [-0.4, -0.2) is 9.91 Å². The molecule has 0 saturated carbocycles. The van der Waals surface area contributed by atoms with Crippen LogP contribution in [0.3, 0.4) is 0 Å². The maximum Gasteiger partial charge on any atom is 0.270 e. The van der Waals surface area contributed by atoms with Crippen LogP contribution in [-0.2, 0) is 0 Å². The predicted molar refractivity (Wildman–Crippen MR) is 97.8 cm³/mol. The summed E-state index contributed by atoms with van der Waals surface area (Å²) in [5.74, 6) is -1.50. The van der Waals surface area contributed by atoms with Crippen molar-refractivity contribution in [3.8, 4) is 17.3 Å². The van der Waals surface area contributed by atoms with E-state index in [0.717, 1.165) is 12.1 Å². The third-order valence-corrected chi connectivity index (χ3v) is 4.39. The zero-order chi connectivity index (χ0) is 19.4. The molecule has 0 unspecified atom stereocenters. The Morgan fingerprint density at radius 2 is 2.11 bits per heavy atom. The van der Waals surface area contributed by atoms with Crippen LogP contribution in [0.4, 0.5) is 20.2 Å². The van der Waals surface area contributed by atoms with Gasteiger partial charge in [0.25, 0.3) is 5.69 Å². The van der Waals surface area contributed by atoms with Crippen molar-refractivity contribution in [3.63, 3.8) is 0 Å². The van der Waals surface area contributed by atoms with Crippen molar-refractivity contribution in [3.05, 3.63) is 80.8 Å². The minimum Gasteiger partial charge on any atom is -0.358 e. The van der Waals surface area contributed by atoms with Gasteiger partial charge in [-0.15, -0.1) is 11.3 Å². The van der Waals surface area contributed by atoms with E-state index in [0.29, 0.717) is 16.3 Å². The number of thiazole rings is 1. The van der Waals surface area contributed by atoms with Gasteiger partial charge in [0.2, 0.25) is 0 Å². The van der Waals surface area contributed by atoms with E-state index < -0.39 is 16.6 Å². The van der Waals surface area contributed by atoms with Crippen molar-refractivity contribution in [1.29, 1.82) is 5.26 Å². The first-order valence-electron chi connectivity index (χ1n) is 7.50. The topological polar surface area (TPSA) is 91.8 Å². The smallest absolute Gasteiger partial charge is 0.270 e. The van der Waals surface area contributed by atoms with Crippen LogP contribution in [0.15, 0.2) is 54.0 Å². The summed E-state index contributed by atoms with van der Waals surface area (Å²) in [7, 11) is 0. The molecule has 0 aliphatic heterocycles. The van der Waals surface area contributed by atoms with Gasteiger partial charge < -0.3 is 5.32 Å². The van der Waals surface area contributed by atoms with E-state index in [-0.39, 0.29) is 16.9 Å². The summed E-state index contributed by atoms with van der Waals surface area (Å²) in [6.45, 7) is 0. The largest absolute Gasteiger partial charge is 0.358 e.